The van der Waals surface area contributed by atoms with Crippen molar-refractivity contribution in [3.63, 3.8) is 0 Å². The predicted molar refractivity (Wildman–Crippen MR) is 76.2 cm³/mol. The Labute approximate surface area is 119 Å². The van der Waals surface area contributed by atoms with Crippen molar-refractivity contribution in [2.24, 2.45) is 0 Å². The van der Waals surface area contributed by atoms with E-state index in [1.807, 2.05) is 32.0 Å². The molecular formula is C13H12BrClN2O. The van der Waals surface area contributed by atoms with E-state index >= 15 is 0 Å². The van der Waals surface area contributed by atoms with Gasteiger partial charge in [0.1, 0.15) is 10.9 Å². The fourth-order valence-electron chi connectivity index (χ4n) is 1.52. The molecule has 0 amide bonds. The molecule has 0 bridgehead atoms. The van der Waals surface area contributed by atoms with Gasteiger partial charge in [-0.1, -0.05) is 11.6 Å². The number of aryl methyl sites for hydroxylation is 1. The maximum Gasteiger partial charge on any atom is 0.162 e. The third kappa shape index (κ3) is 2.49. The first-order valence-electron chi connectivity index (χ1n) is 5.37. The molecule has 2 rings (SSSR count). The molecule has 0 N–H and O–H groups in total. The average molecular weight is 328 g/mol. The Bertz CT molecular complexity index is 579. The van der Waals surface area contributed by atoms with Crippen LogP contribution in [0.25, 0.3) is 11.4 Å². The van der Waals surface area contributed by atoms with E-state index in [1.165, 1.54) is 0 Å². The lowest BCUT2D eigenvalue weighted by atomic mass is 10.2. The van der Waals surface area contributed by atoms with Crippen LogP contribution in [0.15, 0.2) is 22.7 Å². The molecule has 0 saturated heterocycles. The number of hydrogen-bond donors (Lipinski definition) is 0. The van der Waals surface area contributed by atoms with Gasteiger partial charge in [-0.15, -0.1) is 0 Å². The summed E-state index contributed by atoms with van der Waals surface area (Å²) >= 11 is 9.58. The summed E-state index contributed by atoms with van der Waals surface area (Å²) in [7, 11) is 1.63. The van der Waals surface area contributed by atoms with Crippen LogP contribution >= 0.6 is 27.5 Å². The number of aromatic nitrogens is 2. The lowest BCUT2D eigenvalue weighted by Crippen LogP contribution is -1.97. The topological polar surface area (TPSA) is 35.0 Å². The Kier molecular flexibility index (Phi) is 3.88. The Morgan fingerprint density at radius 1 is 1.22 bits per heavy atom. The summed E-state index contributed by atoms with van der Waals surface area (Å²) < 4.78 is 6.03. The van der Waals surface area contributed by atoms with Crippen LogP contribution < -0.4 is 4.74 Å². The van der Waals surface area contributed by atoms with Crippen LogP contribution in [-0.2, 0) is 0 Å². The van der Waals surface area contributed by atoms with Gasteiger partial charge in [0.25, 0.3) is 0 Å². The van der Waals surface area contributed by atoms with Gasteiger partial charge in [-0.05, 0) is 48.0 Å². The van der Waals surface area contributed by atoms with E-state index in [0.29, 0.717) is 11.0 Å². The second-order valence-electron chi connectivity index (χ2n) is 3.89. The summed E-state index contributed by atoms with van der Waals surface area (Å²) in [5.41, 5.74) is 2.68. The summed E-state index contributed by atoms with van der Waals surface area (Å²) in [5.74, 6) is 1.39. The highest BCUT2D eigenvalue weighted by Crippen LogP contribution is 2.30. The normalized spacial score (nSPS) is 10.5. The zero-order chi connectivity index (χ0) is 13.3. The van der Waals surface area contributed by atoms with Crippen molar-refractivity contribution in [1.29, 1.82) is 0 Å². The van der Waals surface area contributed by atoms with Crippen molar-refractivity contribution in [1.82, 2.24) is 9.97 Å². The minimum Gasteiger partial charge on any atom is -0.497 e. The summed E-state index contributed by atoms with van der Waals surface area (Å²) in [4.78, 5) is 8.76. The van der Waals surface area contributed by atoms with E-state index in [-0.39, 0.29) is 0 Å². The Balaban J connectivity index is 2.55. The minimum absolute atomic E-state index is 0.486. The van der Waals surface area contributed by atoms with E-state index in [9.17, 15) is 0 Å². The number of nitrogens with zero attached hydrogens (tertiary/aromatic N) is 2. The Hall–Kier alpha value is -1.13. The Morgan fingerprint density at radius 2 is 1.94 bits per heavy atom. The molecule has 5 heteroatoms. The molecule has 1 aromatic carbocycles. The largest absolute Gasteiger partial charge is 0.497 e. The molecule has 3 nitrogen and oxygen atoms in total. The lowest BCUT2D eigenvalue weighted by molar-refractivity contribution is 0.414. The van der Waals surface area contributed by atoms with Crippen molar-refractivity contribution in [3.05, 3.63) is 39.1 Å². The molecular weight excluding hydrogens is 316 g/mol. The maximum atomic E-state index is 6.09. The number of hydrogen-bond acceptors (Lipinski definition) is 3. The zero-order valence-electron chi connectivity index (χ0n) is 10.3. The fraction of sp³-hybridized carbons (Fsp3) is 0.231. The lowest BCUT2D eigenvalue weighted by Gasteiger charge is -2.08. The Morgan fingerprint density at radius 3 is 2.50 bits per heavy atom. The molecule has 94 valence electrons. The average Bonchev–Trinajstić information content (AvgIpc) is 2.35. The van der Waals surface area contributed by atoms with Crippen LogP contribution in [0.3, 0.4) is 0 Å². The van der Waals surface area contributed by atoms with Gasteiger partial charge in [-0.2, -0.15) is 0 Å². The summed E-state index contributed by atoms with van der Waals surface area (Å²) in [5, 5.41) is 0.486. The maximum absolute atomic E-state index is 6.09. The van der Waals surface area contributed by atoms with Gasteiger partial charge in [-0.25, -0.2) is 9.97 Å². The van der Waals surface area contributed by atoms with Gasteiger partial charge in [0.2, 0.25) is 0 Å². The first kappa shape index (κ1) is 13.3. The van der Waals surface area contributed by atoms with E-state index in [4.69, 9.17) is 16.3 Å². The van der Waals surface area contributed by atoms with Crippen molar-refractivity contribution < 1.29 is 4.74 Å². The van der Waals surface area contributed by atoms with Crippen molar-refractivity contribution in [3.8, 4) is 17.1 Å². The monoisotopic (exact) mass is 326 g/mol. The smallest absolute Gasteiger partial charge is 0.162 e. The number of ether oxygens (including phenoxy) is 1. The van der Waals surface area contributed by atoms with Crippen molar-refractivity contribution in [2.75, 3.05) is 7.11 Å². The van der Waals surface area contributed by atoms with E-state index < -0.39 is 0 Å². The van der Waals surface area contributed by atoms with E-state index in [1.54, 1.807) is 7.11 Å². The third-order valence-electron chi connectivity index (χ3n) is 2.75. The van der Waals surface area contributed by atoms with Crippen LogP contribution in [-0.4, -0.2) is 17.1 Å². The van der Waals surface area contributed by atoms with Gasteiger partial charge in [-0.3, -0.25) is 0 Å². The number of halogens is 2. The molecule has 2 aromatic rings. The quantitative estimate of drug-likeness (QED) is 0.776. The van der Waals surface area contributed by atoms with E-state index in [2.05, 4.69) is 25.9 Å². The number of methoxy groups -OCH3 is 1. The predicted octanol–water partition coefficient (Wildman–Crippen LogP) is 4.18. The van der Waals surface area contributed by atoms with Crippen molar-refractivity contribution >= 4 is 27.5 Å². The van der Waals surface area contributed by atoms with Gasteiger partial charge < -0.3 is 4.74 Å². The number of rotatable bonds is 2. The molecule has 0 atom stereocenters. The molecule has 1 aromatic heterocycles. The molecule has 18 heavy (non-hydrogen) atoms. The first-order chi connectivity index (χ1) is 8.52. The molecule has 0 radical (unpaired) electrons. The standard InChI is InChI=1S/C13H12BrClN2O/c1-7-8(2)16-13(17-12(7)15)10-5-4-9(18-3)6-11(10)14/h4-6H,1-3H3. The number of benzene rings is 1. The van der Waals surface area contributed by atoms with Gasteiger partial charge in [0.15, 0.2) is 5.82 Å². The van der Waals surface area contributed by atoms with Gasteiger partial charge in [0.05, 0.1) is 7.11 Å². The van der Waals surface area contributed by atoms with Crippen LogP contribution in [0.2, 0.25) is 5.15 Å². The highest BCUT2D eigenvalue weighted by atomic mass is 79.9. The minimum atomic E-state index is 0.486. The van der Waals surface area contributed by atoms with Crippen LogP contribution in [0.1, 0.15) is 11.3 Å². The first-order valence-corrected chi connectivity index (χ1v) is 6.54. The third-order valence-corrected chi connectivity index (χ3v) is 3.77. The second-order valence-corrected chi connectivity index (χ2v) is 5.11. The van der Waals surface area contributed by atoms with Gasteiger partial charge >= 0.3 is 0 Å². The molecule has 0 unspecified atom stereocenters. The van der Waals surface area contributed by atoms with Crippen LogP contribution in [0.5, 0.6) is 5.75 Å². The SMILES string of the molecule is COc1ccc(-c2nc(C)c(C)c(Cl)n2)c(Br)c1. The molecule has 0 aliphatic heterocycles. The van der Waals surface area contributed by atoms with Crippen LogP contribution in [0.4, 0.5) is 0 Å². The zero-order valence-corrected chi connectivity index (χ0v) is 12.6. The van der Waals surface area contributed by atoms with Crippen LogP contribution in [0, 0.1) is 13.8 Å². The highest BCUT2D eigenvalue weighted by Gasteiger charge is 2.11. The molecule has 0 aliphatic rings. The summed E-state index contributed by atoms with van der Waals surface area (Å²) in [6, 6.07) is 5.65. The molecule has 0 fully saturated rings. The van der Waals surface area contributed by atoms with E-state index in [0.717, 1.165) is 27.0 Å². The molecule has 1 heterocycles. The molecule has 0 aliphatic carbocycles. The fourth-order valence-corrected chi connectivity index (χ4v) is 2.27. The summed E-state index contributed by atoms with van der Waals surface area (Å²) in [6.07, 6.45) is 0. The highest BCUT2D eigenvalue weighted by molar-refractivity contribution is 9.10. The molecule has 0 saturated carbocycles. The van der Waals surface area contributed by atoms with Gasteiger partial charge in [0, 0.05) is 21.3 Å². The van der Waals surface area contributed by atoms with Crippen molar-refractivity contribution in [2.45, 2.75) is 13.8 Å². The summed E-state index contributed by atoms with van der Waals surface area (Å²) in [6.45, 7) is 3.83. The second kappa shape index (κ2) is 5.24. The molecule has 0 spiro atoms.